The molecule has 0 aliphatic carbocycles. The first-order valence-electron chi connectivity index (χ1n) is 16.5. The zero-order valence-electron chi connectivity index (χ0n) is 28.3. The number of amides is 1. The van der Waals surface area contributed by atoms with Gasteiger partial charge in [-0.2, -0.15) is 18.6 Å². The summed E-state index contributed by atoms with van der Waals surface area (Å²) in [6.45, 7) is 12.0. The fraction of sp³-hybridized carbons (Fsp3) is 0.486. The third kappa shape index (κ3) is 8.47. The van der Waals surface area contributed by atoms with Crippen LogP contribution in [0.4, 0.5) is 30.6 Å². The van der Waals surface area contributed by atoms with E-state index in [1.807, 2.05) is 18.3 Å². The van der Waals surface area contributed by atoms with Gasteiger partial charge in [0.15, 0.2) is 0 Å². The summed E-state index contributed by atoms with van der Waals surface area (Å²) in [6.07, 6.45) is 1.91. The number of hydrogen-bond acceptors (Lipinski definition) is 10. The van der Waals surface area contributed by atoms with Crippen LogP contribution in [0.3, 0.4) is 0 Å². The van der Waals surface area contributed by atoms with E-state index in [1.54, 1.807) is 35.3 Å². The van der Waals surface area contributed by atoms with Crippen molar-refractivity contribution in [1.82, 2.24) is 25.1 Å². The number of rotatable bonds is 5. The van der Waals surface area contributed by atoms with E-state index < -0.39 is 17.9 Å². The lowest BCUT2D eigenvalue weighted by molar-refractivity contribution is -0.141. The molecular formula is C35H43F3N8O2S. The Morgan fingerprint density at radius 2 is 1.82 bits per heavy atom. The molecule has 0 spiro atoms. The quantitative estimate of drug-likeness (QED) is 0.232. The van der Waals surface area contributed by atoms with Crippen LogP contribution in [0.1, 0.15) is 88.1 Å². The van der Waals surface area contributed by atoms with Crippen LogP contribution in [0.5, 0.6) is 0 Å². The number of hydrogen-bond donors (Lipinski definition) is 3. The van der Waals surface area contributed by atoms with Gasteiger partial charge in [0.2, 0.25) is 0 Å². The highest BCUT2D eigenvalue weighted by molar-refractivity contribution is 7.97. The average molecular weight is 697 g/mol. The predicted molar refractivity (Wildman–Crippen MR) is 185 cm³/mol. The molecule has 3 aromatic heterocycles. The minimum atomic E-state index is -4.56. The van der Waals surface area contributed by atoms with Gasteiger partial charge in [-0.05, 0) is 93.3 Å². The van der Waals surface area contributed by atoms with E-state index in [9.17, 15) is 18.0 Å². The van der Waals surface area contributed by atoms with E-state index >= 15 is 0 Å². The number of carbonyl (C=O) groups is 1. The van der Waals surface area contributed by atoms with Crippen molar-refractivity contribution in [2.75, 3.05) is 28.4 Å². The van der Waals surface area contributed by atoms with Gasteiger partial charge in [-0.1, -0.05) is 32.9 Å². The number of fused-ring (bicyclic) bond motifs is 6. The Labute approximate surface area is 289 Å². The van der Waals surface area contributed by atoms with Gasteiger partial charge >= 0.3 is 6.18 Å². The third-order valence-corrected chi connectivity index (χ3v) is 9.69. The Balaban J connectivity index is 1.29. The van der Waals surface area contributed by atoms with Crippen LogP contribution < -0.4 is 25.4 Å². The second kappa shape index (κ2) is 13.8. The molecule has 262 valence electrons. The Morgan fingerprint density at radius 1 is 1.02 bits per heavy atom. The number of anilines is 3. The van der Waals surface area contributed by atoms with Crippen LogP contribution in [0.25, 0.3) is 0 Å². The first kappa shape index (κ1) is 35.0. The van der Waals surface area contributed by atoms with E-state index in [4.69, 9.17) is 9.72 Å². The largest absolute Gasteiger partial charge is 0.433 e. The van der Waals surface area contributed by atoms with Crippen molar-refractivity contribution >= 4 is 35.3 Å². The number of ether oxygens (including phenoxy) is 1. The predicted octanol–water partition coefficient (Wildman–Crippen LogP) is 7.50. The van der Waals surface area contributed by atoms with Gasteiger partial charge in [0.25, 0.3) is 5.91 Å². The molecule has 6 rings (SSSR count). The van der Waals surface area contributed by atoms with Gasteiger partial charge in [0, 0.05) is 36.8 Å². The first-order valence-corrected chi connectivity index (χ1v) is 17.4. The fourth-order valence-electron chi connectivity index (χ4n) is 6.41. The van der Waals surface area contributed by atoms with Crippen molar-refractivity contribution in [1.29, 1.82) is 0 Å². The molecule has 0 aromatic carbocycles. The molecule has 3 atom stereocenters. The molecule has 3 aliphatic rings. The SMILES string of the molecule is CC(C)(C)CCOC1C=CN(c2ccc3c(n2)N2CC(CCC(c4cccc(C(F)(F)F)n4)Nc4cccc(n4)SNC3=O)CC2(C)C)N1. The molecule has 49 heavy (non-hydrogen) atoms. The standard InChI is InChI=1S/C35H43F3N8O2S/c1-33(2,3)17-19-48-29-16-18-46(43-29)28-15-13-23-31(42-28)45-21-22(20-34(45,4)5)12-14-25(24-8-6-9-26(39-24)35(36,37)38)40-27-10-7-11-30(41-27)49-44-32(23)47/h6-11,13,15-16,18,22,25,29,43H,12,14,17,19-21H2,1-5H3,(H,40,41)(H,44,47). The highest BCUT2D eigenvalue weighted by Gasteiger charge is 2.41. The number of pyridine rings is 3. The van der Waals surface area contributed by atoms with E-state index in [1.165, 1.54) is 6.07 Å². The summed E-state index contributed by atoms with van der Waals surface area (Å²) >= 11 is 1.06. The first-order chi connectivity index (χ1) is 23.1. The Hall–Kier alpha value is -3.88. The second-order valence-electron chi connectivity index (χ2n) is 14.6. The highest BCUT2D eigenvalue weighted by Crippen LogP contribution is 2.41. The number of nitrogens with one attached hydrogen (secondary N) is 3. The van der Waals surface area contributed by atoms with E-state index in [0.29, 0.717) is 59.7 Å². The molecule has 1 fully saturated rings. The lowest BCUT2D eigenvalue weighted by Gasteiger charge is -2.34. The van der Waals surface area contributed by atoms with Crippen LogP contribution in [-0.2, 0) is 10.9 Å². The summed E-state index contributed by atoms with van der Waals surface area (Å²) < 4.78 is 49.8. The van der Waals surface area contributed by atoms with Gasteiger partial charge in [-0.3, -0.25) is 14.5 Å². The third-order valence-electron chi connectivity index (χ3n) is 8.97. The van der Waals surface area contributed by atoms with E-state index in [-0.39, 0.29) is 29.0 Å². The van der Waals surface area contributed by atoms with Gasteiger partial charge in [-0.25, -0.2) is 15.0 Å². The molecule has 14 heteroatoms. The fourth-order valence-corrected chi connectivity index (χ4v) is 7.01. The van der Waals surface area contributed by atoms with Crippen molar-refractivity contribution in [3.8, 4) is 0 Å². The van der Waals surface area contributed by atoms with Gasteiger partial charge in [0.05, 0.1) is 17.3 Å². The highest BCUT2D eigenvalue weighted by atomic mass is 32.2. The number of carbonyl (C=O) groups excluding carboxylic acids is 1. The Bertz CT molecular complexity index is 1700. The summed E-state index contributed by atoms with van der Waals surface area (Å²) in [5, 5.41) is 5.65. The van der Waals surface area contributed by atoms with Crippen LogP contribution >= 0.6 is 11.9 Å². The number of alkyl halides is 3. The van der Waals surface area contributed by atoms with Crippen LogP contribution in [0, 0.1) is 11.3 Å². The van der Waals surface area contributed by atoms with Crippen molar-refractivity contribution in [3.63, 3.8) is 0 Å². The summed E-state index contributed by atoms with van der Waals surface area (Å²) in [7, 11) is 0. The van der Waals surface area contributed by atoms with Crippen LogP contribution in [-0.4, -0.2) is 45.8 Å². The second-order valence-corrected chi connectivity index (χ2v) is 15.4. The lowest BCUT2D eigenvalue weighted by Crippen LogP contribution is -2.41. The summed E-state index contributed by atoms with van der Waals surface area (Å²) in [6, 6.07) is 12.4. The molecule has 3 aromatic rings. The summed E-state index contributed by atoms with van der Waals surface area (Å²) in [4.78, 5) is 29.6. The lowest BCUT2D eigenvalue weighted by atomic mass is 9.91. The average Bonchev–Trinajstić information content (AvgIpc) is 3.63. The van der Waals surface area contributed by atoms with E-state index in [0.717, 1.165) is 30.9 Å². The van der Waals surface area contributed by atoms with Crippen molar-refractivity contribution in [3.05, 3.63) is 77.8 Å². The van der Waals surface area contributed by atoms with Gasteiger partial charge in [-0.15, -0.1) is 0 Å². The number of hydrazine groups is 1. The normalized spacial score (nSPS) is 22.6. The number of halogens is 3. The number of nitrogens with zero attached hydrogens (tertiary/aromatic N) is 5. The topological polar surface area (TPSA) is 108 Å². The van der Waals surface area contributed by atoms with Crippen molar-refractivity contribution in [2.24, 2.45) is 11.3 Å². The van der Waals surface area contributed by atoms with Crippen molar-refractivity contribution < 1.29 is 22.7 Å². The maximum Gasteiger partial charge on any atom is 0.433 e. The van der Waals surface area contributed by atoms with Gasteiger partial charge < -0.3 is 15.0 Å². The molecule has 1 saturated heterocycles. The minimum absolute atomic E-state index is 0.163. The van der Waals surface area contributed by atoms with Gasteiger partial charge in [0.1, 0.15) is 34.4 Å². The monoisotopic (exact) mass is 696 g/mol. The molecule has 1 amide bonds. The zero-order chi connectivity index (χ0) is 35.0. The smallest absolute Gasteiger partial charge is 0.362 e. The molecule has 0 radical (unpaired) electrons. The maximum absolute atomic E-state index is 13.8. The van der Waals surface area contributed by atoms with Crippen LogP contribution in [0.15, 0.2) is 65.8 Å². The van der Waals surface area contributed by atoms with E-state index in [2.05, 4.69) is 65.0 Å². The Morgan fingerprint density at radius 3 is 2.59 bits per heavy atom. The molecule has 10 nitrogen and oxygen atoms in total. The van der Waals surface area contributed by atoms with Crippen LogP contribution in [0.2, 0.25) is 0 Å². The van der Waals surface area contributed by atoms with Crippen molar-refractivity contribution in [2.45, 2.75) is 89.3 Å². The molecule has 4 bridgehead atoms. The molecule has 6 heterocycles. The molecule has 3 unspecified atom stereocenters. The maximum atomic E-state index is 13.8. The number of aromatic nitrogens is 3. The summed E-state index contributed by atoms with van der Waals surface area (Å²) in [5.41, 5.74) is 2.93. The Kier molecular flexibility index (Phi) is 9.84. The zero-order valence-corrected chi connectivity index (χ0v) is 29.2. The molecule has 0 saturated carbocycles. The minimum Gasteiger partial charge on any atom is -0.362 e. The molecule has 3 aliphatic heterocycles. The molecular weight excluding hydrogens is 654 g/mol. The molecule has 3 N–H and O–H groups in total. The summed E-state index contributed by atoms with van der Waals surface area (Å²) in [5.74, 6) is 1.51.